The van der Waals surface area contributed by atoms with Gasteiger partial charge in [-0.05, 0) is 24.7 Å². The second-order valence-electron chi connectivity index (χ2n) is 2.48. The molecule has 0 aliphatic heterocycles. The van der Waals surface area contributed by atoms with Crippen molar-refractivity contribution in [3.8, 4) is 6.07 Å². The summed E-state index contributed by atoms with van der Waals surface area (Å²) in [5.74, 6) is 0. The van der Waals surface area contributed by atoms with Gasteiger partial charge >= 0.3 is 0 Å². The van der Waals surface area contributed by atoms with Gasteiger partial charge in [0.25, 0.3) is 0 Å². The number of benzene rings is 1. The minimum absolute atomic E-state index is 0.783. The number of aryl methyl sites for hydroxylation is 1. The molecule has 0 amide bonds. The highest BCUT2D eigenvalue weighted by Crippen LogP contribution is 2.13. The second-order valence-corrected chi connectivity index (χ2v) is 2.88. The average molecular weight is 163 g/mol. The molecule has 1 aromatic carbocycles. The number of hydrogen-bond donors (Lipinski definition) is 0. The van der Waals surface area contributed by atoms with Crippen LogP contribution in [0.25, 0.3) is 0 Å². The van der Waals surface area contributed by atoms with E-state index in [-0.39, 0.29) is 0 Å². The maximum Gasteiger partial charge on any atom is 0.0994 e. The van der Waals surface area contributed by atoms with Crippen LogP contribution in [0, 0.1) is 18.3 Å². The van der Waals surface area contributed by atoms with Gasteiger partial charge in [-0.3, -0.25) is 0 Å². The average Bonchev–Trinajstić information content (AvgIpc) is 2.04. The molecule has 11 heavy (non-hydrogen) atoms. The van der Waals surface area contributed by atoms with Gasteiger partial charge in [0.15, 0.2) is 0 Å². The van der Waals surface area contributed by atoms with E-state index in [2.05, 4.69) is 15.3 Å². The Balaban J connectivity index is 3.19. The predicted octanol–water partition coefficient (Wildman–Crippen LogP) is 2.24. The standard InChI is InChI=1S/C9H10NP/c1-7-2-3-8(5-10)9(4-7)6-11/h2-4H,6,11H2,1H3. The van der Waals surface area contributed by atoms with E-state index < -0.39 is 0 Å². The van der Waals surface area contributed by atoms with Crippen LogP contribution in [-0.4, -0.2) is 0 Å². The second kappa shape index (κ2) is 3.51. The van der Waals surface area contributed by atoms with E-state index in [1.807, 2.05) is 25.1 Å². The molecule has 0 heterocycles. The fraction of sp³-hybridized carbons (Fsp3) is 0.222. The molecule has 0 aliphatic carbocycles. The van der Waals surface area contributed by atoms with Crippen molar-refractivity contribution in [1.29, 1.82) is 5.26 Å². The summed E-state index contributed by atoms with van der Waals surface area (Å²) in [7, 11) is 2.63. The molecule has 1 aromatic rings. The molecule has 0 aromatic heterocycles. The van der Waals surface area contributed by atoms with Gasteiger partial charge in [-0.1, -0.05) is 17.7 Å². The van der Waals surface area contributed by atoms with Crippen molar-refractivity contribution >= 4 is 9.24 Å². The highest BCUT2D eigenvalue weighted by atomic mass is 31.0. The Morgan fingerprint density at radius 1 is 1.55 bits per heavy atom. The summed E-state index contributed by atoms with van der Waals surface area (Å²) in [4.78, 5) is 0. The van der Waals surface area contributed by atoms with Crippen LogP contribution in [0.1, 0.15) is 16.7 Å². The molecule has 1 nitrogen and oxygen atoms in total. The molecule has 0 aliphatic rings. The monoisotopic (exact) mass is 163 g/mol. The third kappa shape index (κ3) is 1.79. The summed E-state index contributed by atoms with van der Waals surface area (Å²) in [6.07, 6.45) is 0.852. The molecule has 1 unspecified atom stereocenters. The third-order valence-corrected chi connectivity index (χ3v) is 2.04. The summed E-state index contributed by atoms with van der Waals surface area (Å²) >= 11 is 0. The minimum Gasteiger partial charge on any atom is -0.192 e. The lowest BCUT2D eigenvalue weighted by atomic mass is 10.1. The molecule has 0 spiro atoms. The van der Waals surface area contributed by atoms with E-state index in [0.29, 0.717) is 0 Å². The zero-order valence-electron chi connectivity index (χ0n) is 6.46. The topological polar surface area (TPSA) is 23.8 Å². The fourth-order valence-electron chi connectivity index (χ4n) is 1.00. The van der Waals surface area contributed by atoms with Gasteiger partial charge < -0.3 is 0 Å². The van der Waals surface area contributed by atoms with Gasteiger partial charge in [0, 0.05) is 0 Å². The molecule has 2 heteroatoms. The Bertz CT molecular complexity index is 299. The van der Waals surface area contributed by atoms with Crippen molar-refractivity contribution in [1.82, 2.24) is 0 Å². The van der Waals surface area contributed by atoms with Crippen LogP contribution in [0.3, 0.4) is 0 Å². The van der Waals surface area contributed by atoms with E-state index in [9.17, 15) is 0 Å². The third-order valence-electron chi connectivity index (χ3n) is 1.60. The summed E-state index contributed by atoms with van der Waals surface area (Å²) in [5, 5.41) is 8.68. The Kier molecular flexibility index (Phi) is 2.63. The Labute approximate surface area is 69.2 Å². The summed E-state index contributed by atoms with van der Waals surface area (Å²) in [6.45, 7) is 2.03. The molecule has 0 radical (unpaired) electrons. The molecule has 0 fully saturated rings. The van der Waals surface area contributed by atoms with Crippen LogP contribution in [-0.2, 0) is 6.16 Å². The summed E-state index contributed by atoms with van der Waals surface area (Å²) in [6, 6.07) is 8.04. The van der Waals surface area contributed by atoms with Crippen LogP contribution in [0.2, 0.25) is 0 Å². The maximum atomic E-state index is 8.68. The van der Waals surface area contributed by atoms with E-state index in [0.717, 1.165) is 17.3 Å². The van der Waals surface area contributed by atoms with Gasteiger partial charge in [-0.2, -0.15) is 5.26 Å². The first-order chi connectivity index (χ1) is 5.27. The van der Waals surface area contributed by atoms with Crippen molar-refractivity contribution in [3.63, 3.8) is 0 Å². The van der Waals surface area contributed by atoms with Gasteiger partial charge in [-0.25, -0.2) is 0 Å². The smallest absolute Gasteiger partial charge is 0.0994 e. The van der Waals surface area contributed by atoms with Crippen molar-refractivity contribution < 1.29 is 0 Å². The SMILES string of the molecule is Cc1ccc(C#N)c(CP)c1. The molecule has 56 valence electrons. The number of rotatable bonds is 1. The van der Waals surface area contributed by atoms with Crippen molar-refractivity contribution in [2.24, 2.45) is 0 Å². The number of nitriles is 1. The quantitative estimate of drug-likeness (QED) is 0.582. The number of hydrogen-bond acceptors (Lipinski definition) is 1. The molecule has 0 saturated carbocycles. The van der Waals surface area contributed by atoms with Gasteiger partial charge in [0.1, 0.15) is 0 Å². The first kappa shape index (κ1) is 8.24. The molecule has 0 bridgehead atoms. The zero-order valence-corrected chi connectivity index (χ0v) is 7.62. The fourth-order valence-corrected chi connectivity index (χ4v) is 1.34. The van der Waals surface area contributed by atoms with Crippen LogP contribution in [0.15, 0.2) is 18.2 Å². The Morgan fingerprint density at radius 3 is 2.82 bits per heavy atom. The lowest BCUT2D eigenvalue weighted by Gasteiger charge is -2.00. The lowest BCUT2D eigenvalue weighted by Crippen LogP contribution is -1.85. The normalized spacial score (nSPS) is 9.18. The molecular formula is C9H10NP. The maximum absolute atomic E-state index is 8.68. The zero-order chi connectivity index (χ0) is 8.27. The Morgan fingerprint density at radius 2 is 2.27 bits per heavy atom. The van der Waals surface area contributed by atoms with E-state index in [1.54, 1.807) is 0 Å². The number of nitrogens with zero attached hydrogens (tertiary/aromatic N) is 1. The van der Waals surface area contributed by atoms with Gasteiger partial charge in [-0.15, -0.1) is 9.24 Å². The lowest BCUT2D eigenvalue weighted by molar-refractivity contribution is 1.32. The molecule has 0 N–H and O–H groups in total. The van der Waals surface area contributed by atoms with Crippen LogP contribution >= 0.6 is 9.24 Å². The van der Waals surface area contributed by atoms with Gasteiger partial charge in [0.05, 0.1) is 11.6 Å². The van der Waals surface area contributed by atoms with E-state index in [4.69, 9.17) is 5.26 Å². The summed E-state index contributed by atoms with van der Waals surface area (Å²) in [5.41, 5.74) is 3.10. The highest BCUT2D eigenvalue weighted by molar-refractivity contribution is 7.15. The van der Waals surface area contributed by atoms with Crippen LogP contribution in [0.5, 0.6) is 0 Å². The molecule has 1 rings (SSSR count). The highest BCUT2D eigenvalue weighted by Gasteiger charge is 1.97. The van der Waals surface area contributed by atoms with Gasteiger partial charge in [0.2, 0.25) is 0 Å². The van der Waals surface area contributed by atoms with Crippen molar-refractivity contribution in [2.45, 2.75) is 13.1 Å². The first-order valence-electron chi connectivity index (χ1n) is 3.47. The van der Waals surface area contributed by atoms with E-state index in [1.165, 1.54) is 5.56 Å². The van der Waals surface area contributed by atoms with Crippen LogP contribution in [0.4, 0.5) is 0 Å². The largest absolute Gasteiger partial charge is 0.192 e. The van der Waals surface area contributed by atoms with Crippen molar-refractivity contribution in [3.05, 3.63) is 34.9 Å². The predicted molar refractivity (Wildman–Crippen MR) is 49.3 cm³/mol. The summed E-state index contributed by atoms with van der Waals surface area (Å²) < 4.78 is 0. The minimum atomic E-state index is 0.783. The van der Waals surface area contributed by atoms with E-state index >= 15 is 0 Å². The van der Waals surface area contributed by atoms with Crippen molar-refractivity contribution in [2.75, 3.05) is 0 Å². The van der Waals surface area contributed by atoms with Crippen LogP contribution < -0.4 is 0 Å². The first-order valence-corrected chi connectivity index (χ1v) is 4.29. The Hall–Kier alpha value is -0.860. The molecule has 0 saturated heterocycles. The molecular weight excluding hydrogens is 153 g/mol. The molecule has 1 atom stereocenters.